The fourth-order valence-electron chi connectivity index (χ4n) is 2.89. The predicted molar refractivity (Wildman–Crippen MR) is 79.2 cm³/mol. The molecule has 20 heavy (non-hydrogen) atoms. The molecule has 3 rings (SSSR count). The third-order valence-electron chi connectivity index (χ3n) is 4.18. The summed E-state index contributed by atoms with van der Waals surface area (Å²) in [5.41, 5.74) is 7.49. The highest BCUT2D eigenvalue weighted by atomic mass is 16.2. The zero-order valence-electron chi connectivity index (χ0n) is 11.4. The summed E-state index contributed by atoms with van der Waals surface area (Å²) in [5, 5.41) is 2.90. The van der Waals surface area contributed by atoms with Gasteiger partial charge in [0.25, 0.3) is 0 Å². The molecule has 0 spiro atoms. The Hall–Kier alpha value is -1.88. The van der Waals surface area contributed by atoms with Gasteiger partial charge in [0.05, 0.1) is 11.0 Å². The summed E-state index contributed by atoms with van der Waals surface area (Å²) in [6, 6.07) is 7.75. The average Bonchev–Trinajstić information content (AvgIpc) is 2.89. The van der Waals surface area contributed by atoms with E-state index < -0.39 is 0 Å². The molecule has 1 saturated carbocycles. The topological polar surface area (TPSA) is 83.8 Å². The van der Waals surface area contributed by atoms with Gasteiger partial charge in [-0.15, -0.1) is 0 Å². The van der Waals surface area contributed by atoms with Crippen molar-refractivity contribution in [1.82, 2.24) is 9.97 Å². The number of imidazole rings is 1. The Balaban J connectivity index is 1.64. The van der Waals surface area contributed by atoms with Crippen molar-refractivity contribution in [3.05, 3.63) is 24.3 Å². The standard InChI is InChI=1S/C15H20N4O/c16-9-10-5-7-11(8-6-10)14(20)19-15-17-12-3-1-2-4-13(12)18-15/h1-4,10-11H,5-9,16H2,(H2,17,18,19,20). The monoisotopic (exact) mass is 272 g/mol. The molecule has 0 unspecified atom stereocenters. The molecule has 0 atom stereocenters. The van der Waals surface area contributed by atoms with E-state index in [1.165, 1.54) is 0 Å². The summed E-state index contributed by atoms with van der Waals surface area (Å²) >= 11 is 0. The van der Waals surface area contributed by atoms with Gasteiger partial charge in [-0.3, -0.25) is 10.1 Å². The van der Waals surface area contributed by atoms with Crippen molar-refractivity contribution in [2.75, 3.05) is 11.9 Å². The van der Waals surface area contributed by atoms with Crippen LogP contribution in [0.3, 0.4) is 0 Å². The number of hydrogen-bond acceptors (Lipinski definition) is 3. The average molecular weight is 272 g/mol. The highest BCUT2D eigenvalue weighted by Crippen LogP contribution is 2.28. The molecule has 106 valence electrons. The number of nitrogens with one attached hydrogen (secondary N) is 2. The highest BCUT2D eigenvalue weighted by Gasteiger charge is 2.26. The maximum Gasteiger partial charge on any atom is 0.229 e. The number of H-pyrrole nitrogens is 1. The van der Waals surface area contributed by atoms with E-state index in [4.69, 9.17) is 5.73 Å². The smallest absolute Gasteiger partial charge is 0.229 e. The van der Waals surface area contributed by atoms with Crippen LogP contribution >= 0.6 is 0 Å². The first kappa shape index (κ1) is 13.1. The first-order chi connectivity index (χ1) is 9.76. The predicted octanol–water partition coefficient (Wildman–Crippen LogP) is 2.27. The number of nitrogens with zero attached hydrogens (tertiary/aromatic N) is 1. The zero-order chi connectivity index (χ0) is 13.9. The van der Waals surface area contributed by atoms with Crippen molar-refractivity contribution >= 4 is 22.9 Å². The maximum atomic E-state index is 12.2. The van der Waals surface area contributed by atoms with Crippen LogP contribution in [-0.4, -0.2) is 22.4 Å². The molecule has 1 aromatic carbocycles. The third kappa shape index (κ3) is 2.67. The number of carbonyl (C=O) groups is 1. The Morgan fingerprint density at radius 2 is 2.05 bits per heavy atom. The molecule has 0 aliphatic heterocycles. The van der Waals surface area contributed by atoms with Gasteiger partial charge in [-0.25, -0.2) is 4.98 Å². The van der Waals surface area contributed by atoms with E-state index in [2.05, 4.69) is 15.3 Å². The van der Waals surface area contributed by atoms with E-state index in [1.54, 1.807) is 0 Å². The number of anilines is 1. The van der Waals surface area contributed by atoms with E-state index in [0.29, 0.717) is 11.9 Å². The van der Waals surface area contributed by atoms with Gasteiger partial charge >= 0.3 is 0 Å². The van der Waals surface area contributed by atoms with Crippen molar-refractivity contribution < 1.29 is 4.79 Å². The lowest BCUT2D eigenvalue weighted by atomic mass is 9.81. The second kappa shape index (κ2) is 5.63. The van der Waals surface area contributed by atoms with Crippen LogP contribution < -0.4 is 11.1 Å². The minimum absolute atomic E-state index is 0.0690. The molecule has 4 N–H and O–H groups in total. The second-order valence-electron chi connectivity index (χ2n) is 5.55. The number of benzene rings is 1. The summed E-state index contributed by atoms with van der Waals surface area (Å²) in [7, 11) is 0. The van der Waals surface area contributed by atoms with Crippen molar-refractivity contribution in [2.45, 2.75) is 25.7 Å². The molecule has 1 heterocycles. The first-order valence-corrected chi connectivity index (χ1v) is 7.22. The van der Waals surface area contributed by atoms with Gasteiger partial charge in [0.15, 0.2) is 0 Å². The van der Waals surface area contributed by atoms with Crippen LogP contribution in [0.2, 0.25) is 0 Å². The zero-order valence-corrected chi connectivity index (χ0v) is 11.4. The summed E-state index contributed by atoms with van der Waals surface area (Å²) in [4.78, 5) is 19.7. The largest absolute Gasteiger partial charge is 0.330 e. The Labute approximate surface area is 118 Å². The Morgan fingerprint density at radius 1 is 1.30 bits per heavy atom. The van der Waals surface area contributed by atoms with E-state index in [-0.39, 0.29) is 11.8 Å². The Bertz CT molecular complexity index is 566. The molecule has 2 aromatic rings. The van der Waals surface area contributed by atoms with Gasteiger partial charge in [0, 0.05) is 5.92 Å². The van der Waals surface area contributed by atoms with Crippen LogP contribution in [0.5, 0.6) is 0 Å². The number of carbonyl (C=O) groups excluding carboxylic acids is 1. The SMILES string of the molecule is NCC1CCC(C(=O)Nc2nc3ccccc3[nH]2)CC1. The molecule has 0 saturated heterocycles. The van der Waals surface area contributed by atoms with Crippen LogP contribution in [-0.2, 0) is 4.79 Å². The fourth-order valence-corrected chi connectivity index (χ4v) is 2.89. The molecule has 1 aromatic heterocycles. The number of rotatable bonds is 3. The Kier molecular flexibility index (Phi) is 3.69. The number of nitrogens with two attached hydrogens (primary N) is 1. The molecule has 5 heteroatoms. The van der Waals surface area contributed by atoms with Gasteiger partial charge in [-0.2, -0.15) is 0 Å². The summed E-state index contributed by atoms with van der Waals surface area (Å²) in [5.74, 6) is 1.29. The maximum absolute atomic E-state index is 12.2. The molecule has 1 aliphatic carbocycles. The van der Waals surface area contributed by atoms with Crippen LogP contribution in [0.15, 0.2) is 24.3 Å². The normalized spacial score (nSPS) is 22.9. The van der Waals surface area contributed by atoms with Crippen molar-refractivity contribution in [3.63, 3.8) is 0 Å². The molecule has 5 nitrogen and oxygen atoms in total. The number of amides is 1. The van der Waals surface area contributed by atoms with Crippen molar-refractivity contribution in [1.29, 1.82) is 0 Å². The minimum atomic E-state index is 0.0690. The second-order valence-corrected chi connectivity index (χ2v) is 5.55. The van der Waals surface area contributed by atoms with E-state index in [0.717, 1.165) is 43.3 Å². The van der Waals surface area contributed by atoms with Gasteiger partial charge < -0.3 is 10.7 Å². The molecular formula is C15H20N4O. The van der Waals surface area contributed by atoms with Crippen molar-refractivity contribution in [3.8, 4) is 0 Å². The summed E-state index contributed by atoms with van der Waals surface area (Å²) < 4.78 is 0. The number of hydrogen-bond donors (Lipinski definition) is 3. The third-order valence-corrected chi connectivity index (χ3v) is 4.18. The van der Waals surface area contributed by atoms with Gasteiger partial charge in [0.2, 0.25) is 11.9 Å². The quantitative estimate of drug-likeness (QED) is 0.801. The first-order valence-electron chi connectivity index (χ1n) is 7.22. The molecular weight excluding hydrogens is 252 g/mol. The van der Waals surface area contributed by atoms with E-state index >= 15 is 0 Å². The molecule has 0 bridgehead atoms. The molecule has 1 aliphatic rings. The summed E-state index contributed by atoms with van der Waals surface area (Å²) in [6.45, 7) is 0.734. The number of aromatic amines is 1. The molecule has 0 radical (unpaired) electrons. The molecule has 1 amide bonds. The fraction of sp³-hybridized carbons (Fsp3) is 0.467. The van der Waals surface area contributed by atoms with Gasteiger partial charge in [-0.1, -0.05) is 12.1 Å². The summed E-state index contributed by atoms with van der Waals surface area (Å²) in [6.07, 6.45) is 3.95. The number of aromatic nitrogens is 2. The van der Waals surface area contributed by atoms with E-state index in [1.807, 2.05) is 24.3 Å². The van der Waals surface area contributed by atoms with Crippen LogP contribution in [0, 0.1) is 11.8 Å². The van der Waals surface area contributed by atoms with E-state index in [9.17, 15) is 4.79 Å². The number of fused-ring (bicyclic) bond motifs is 1. The lowest BCUT2D eigenvalue weighted by Gasteiger charge is -2.26. The lowest BCUT2D eigenvalue weighted by molar-refractivity contribution is -0.121. The van der Waals surface area contributed by atoms with Gasteiger partial charge in [0.1, 0.15) is 0 Å². The number of para-hydroxylation sites is 2. The lowest BCUT2D eigenvalue weighted by Crippen LogP contribution is -2.29. The van der Waals surface area contributed by atoms with Crippen LogP contribution in [0.1, 0.15) is 25.7 Å². The molecule has 1 fully saturated rings. The Morgan fingerprint density at radius 3 is 2.75 bits per heavy atom. The van der Waals surface area contributed by atoms with Crippen molar-refractivity contribution in [2.24, 2.45) is 17.6 Å². The minimum Gasteiger partial charge on any atom is -0.330 e. The van der Waals surface area contributed by atoms with Crippen LogP contribution in [0.25, 0.3) is 11.0 Å². The van der Waals surface area contributed by atoms with Crippen LogP contribution in [0.4, 0.5) is 5.95 Å². The highest BCUT2D eigenvalue weighted by molar-refractivity contribution is 5.92. The van der Waals surface area contributed by atoms with Gasteiger partial charge in [-0.05, 0) is 50.3 Å².